The zero-order chi connectivity index (χ0) is 34.5. The molecule has 0 bridgehead atoms. The van der Waals surface area contributed by atoms with E-state index in [1.807, 2.05) is 40.7 Å². The number of ether oxygens (including phenoxy) is 5. The summed E-state index contributed by atoms with van der Waals surface area (Å²) in [6.45, 7) is 19.6. The van der Waals surface area contributed by atoms with E-state index in [0.717, 1.165) is 0 Å². The third-order valence-electron chi connectivity index (χ3n) is 14.3. The molecule has 2 saturated heterocycles. The van der Waals surface area contributed by atoms with Crippen LogP contribution in [-0.4, -0.2) is 76.1 Å². The predicted octanol–water partition coefficient (Wildman–Crippen LogP) is 3.10. The number of hydrogen-bond donors (Lipinski definition) is 2. The molecule has 7 rings (SSSR count). The second kappa shape index (κ2) is 9.91. The van der Waals surface area contributed by atoms with Crippen LogP contribution in [0.15, 0.2) is 24.2 Å². The van der Waals surface area contributed by atoms with E-state index in [1.165, 1.54) is 20.8 Å². The fourth-order valence-electron chi connectivity index (χ4n) is 12.6. The van der Waals surface area contributed by atoms with Crippen LogP contribution in [0.2, 0.25) is 0 Å². The maximum Gasteiger partial charge on any atom is 0.303 e. The first-order chi connectivity index (χ1) is 21.7. The monoisotopic (exact) mass is 656 g/mol. The molecule has 0 aromatic carbocycles. The van der Waals surface area contributed by atoms with Crippen LogP contribution in [0.3, 0.4) is 0 Å². The molecule has 18 atom stereocenters. The molecule has 11 nitrogen and oxygen atoms in total. The molecule has 7 aliphatic rings. The minimum atomic E-state index is -1.56. The van der Waals surface area contributed by atoms with Crippen LogP contribution in [0, 0.1) is 63.6 Å². The van der Waals surface area contributed by atoms with Crippen LogP contribution in [0.25, 0.3) is 0 Å². The Bertz CT molecular complexity index is 1500. The lowest BCUT2D eigenvalue weighted by Gasteiger charge is -2.65. The van der Waals surface area contributed by atoms with Crippen LogP contribution in [-0.2, 0) is 42.9 Å². The third kappa shape index (κ3) is 3.85. The van der Waals surface area contributed by atoms with Crippen molar-refractivity contribution < 1.29 is 53.1 Å². The van der Waals surface area contributed by atoms with E-state index >= 15 is 0 Å². The largest absolute Gasteiger partial charge is 0.463 e. The Labute approximate surface area is 275 Å². The van der Waals surface area contributed by atoms with Crippen LogP contribution in [0.4, 0.5) is 0 Å². The third-order valence-corrected chi connectivity index (χ3v) is 14.3. The Balaban J connectivity index is 1.49. The highest BCUT2D eigenvalue weighted by atomic mass is 16.6. The van der Waals surface area contributed by atoms with Crippen LogP contribution in [0.5, 0.6) is 0 Å². The number of rotatable bonds is 3. The van der Waals surface area contributed by atoms with Gasteiger partial charge in [-0.3, -0.25) is 19.2 Å². The number of epoxide rings is 1. The van der Waals surface area contributed by atoms with Crippen molar-refractivity contribution in [1.29, 1.82) is 0 Å². The van der Waals surface area contributed by atoms with E-state index in [0.29, 0.717) is 12.2 Å². The molecular weight excluding hydrogens is 608 g/mol. The normalized spacial score (nSPS) is 55.1. The lowest BCUT2D eigenvalue weighted by atomic mass is 9.39. The number of fused-ring (bicyclic) bond motifs is 10. The average Bonchev–Trinajstić information content (AvgIpc) is 3.65. The highest BCUT2D eigenvalue weighted by Gasteiger charge is 2.82. The molecule has 2 heterocycles. The van der Waals surface area contributed by atoms with Gasteiger partial charge in [0.2, 0.25) is 0 Å². The molecule has 47 heavy (non-hydrogen) atoms. The lowest BCUT2D eigenvalue weighted by molar-refractivity contribution is -0.252. The molecule has 6 fully saturated rings. The van der Waals surface area contributed by atoms with E-state index in [9.17, 15) is 29.4 Å². The van der Waals surface area contributed by atoms with Gasteiger partial charge < -0.3 is 33.9 Å². The smallest absolute Gasteiger partial charge is 0.303 e. The number of carbonyl (C=O) groups is 4. The molecule has 0 aromatic heterocycles. The average molecular weight is 657 g/mol. The van der Waals surface area contributed by atoms with Gasteiger partial charge in [0.1, 0.15) is 47.6 Å². The second-order valence-corrected chi connectivity index (χ2v) is 16.4. The van der Waals surface area contributed by atoms with E-state index < -0.39 is 106 Å². The van der Waals surface area contributed by atoms with Crippen molar-refractivity contribution >= 4 is 23.7 Å². The second-order valence-electron chi connectivity index (χ2n) is 16.4. The first-order valence-electron chi connectivity index (χ1n) is 17.0. The van der Waals surface area contributed by atoms with Crippen molar-refractivity contribution in [2.45, 2.75) is 111 Å². The molecule has 258 valence electrons. The van der Waals surface area contributed by atoms with Crippen molar-refractivity contribution in [3.8, 4) is 0 Å². The predicted molar refractivity (Wildman–Crippen MR) is 163 cm³/mol. The summed E-state index contributed by atoms with van der Waals surface area (Å²) in [6, 6.07) is 0. The summed E-state index contributed by atoms with van der Waals surface area (Å²) >= 11 is 0. The summed E-state index contributed by atoms with van der Waals surface area (Å²) in [5, 5.41) is 24.3. The first kappa shape index (κ1) is 32.8. The topological polar surface area (TPSA) is 158 Å². The molecule has 5 aliphatic carbocycles. The zero-order valence-corrected chi connectivity index (χ0v) is 28.6. The van der Waals surface area contributed by atoms with Gasteiger partial charge in [-0.2, -0.15) is 0 Å². The van der Waals surface area contributed by atoms with Crippen molar-refractivity contribution in [3.63, 3.8) is 0 Å². The molecule has 2 aliphatic heterocycles. The summed E-state index contributed by atoms with van der Waals surface area (Å²) in [4.78, 5) is 53.1. The maximum absolute atomic E-state index is 14.5. The molecular formula is C36H48O11. The number of hydrogen-bond acceptors (Lipinski definition) is 11. The van der Waals surface area contributed by atoms with Gasteiger partial charge in [0, 0.05) is 55.3 Å². The Morgan fingerprint density at radius 1 is 0.894 bits per heavy atom. The summed E-state index contributed by atoms with van der Waals surface area (Å²) in [6.07, 6.45) is -2.15. The van der Waals surface area contributed by atoms with Crippen molar-refractivity contribution in [2.24, 2.45) is 63.6 Å². The molecule has 4 unspecified atom stereocenters. The quantitative estimate of drug-likeness (QED) is 0.261. The standard InChI is InChI=1S/C36H48O11/c1-13-11-21-35(9,36(10,42)15(3)43-21)26-23(13)34(8)25(30(26)44-16(4)37)22-24(14(2)31(34)45-17(5)38)33(7)19(27(40)28(22)41)12-20-29(47-20)32(33)46-18(6)39/h11,13-14,19-20,22-26,28-32,41-42H,3,12H2,1-2,4-10H3/t13-,14?,19-,20+,22?,23+,24?,25-,26+,28?,29+,30-,31+,32+,33+,34-,35+,36-/m1/s1. The van der Waals surface area contributed by atoms with Gasteiger partial charge in [0.25, 0.3) is 0 Å². The van der Waals surface area contributed by atoms with Gasteiger partial charge in [-0.25, -0.2) is 0 Å². The van der Waals surface area contributed by atoms with E-state index in [-0.39, 0.29) is 29.5 Å². The summed E-state index contributed by atoms with van der Waals surface area (Å²) in [5.74, 6) is -5.38. The summed E-state index contributed by atoms with van der Waals surface area (Å²) in [7, 11) is 0. The highest BCUT2D eigenvalue weighted by Crippen LogP contribution is 2.77. The van der Waals surface area contributed by atoms with E-state index in [4.69, 9.17) is 23.7 Å². The highest BCUT2D eigenvalue weighted by molar-refractivity contribution is 5.88. The van der Waals surface area contributed by atoms with Crippen molar-refractivity contribution in [2.75, 3.05) is 0 Å². The Morgan fingerprint density at radius 3 is 2.09 bits per heavy atom. The molecule has 4 saturated carbocycles. The first-order valence-corrected chi connectivity index (χ1v) is 17.0. The number of Topliss-reactive ketones (excluding diaryl/α,β-unsaturated/α-hetero) is 1. The molecule has 0 radical (unpaired) electrons. The van der Waals surface area contributed by atoms with Gasteiger partial charge in [-0.15, -0.1) is 0 Å². The number of aliphatic hydroxyl groups is 2. The number of carbonyl (C=O) groups excluding carboxylic acids is 4. The minimum absolute atomic E-state index is 0.178. The molecule has 0 spiro atoms. The van der Waals surface area contributed by atoms with Crippen LogP contribution >= 0.6 is 0 Å². The Morgan fingerprint density at radius 2 is 1.49 bits per heavy atom. The van der Waals surface area contributed by atoms with Gasteiger partial charge in [0.15, 0.2) is 5.78 Å². The number of allylic oxidation sites excluding steroid dienone is 1. The SMILES string of the molecule is C=C1OC2=C[C@@H](C)[C@H]3[C@@H]([C@H](OC(C)=O)[C@H]4C5C(O)C(=O)[C@H]6C[C@@H]7O[C@@H]7[C@H](OC(C)=O)[C@]6(C)C5C(C)[C@H](OC(C)=O)[C@]34C)[C@@]2(C)[C@]1(C)O. The fraction of sp³-hybridized carbons (Fsp3) is 0.778. The van der Waals surface area contributed by atoms with Crippen LogP contribution < -0.4 is 0 Å². The van der Waals surface area contributed by atoms with Crippen LogP contribution in [0.1, 0.15) is 68.7 Å². The minimum Gasteiger partial charge on any atom is -0.463 e. The number of esters is 3. The lowest BCUT2D eigenvalue weighted by Crippen LogP contribution is -2.72. The van der Waals surface area contributed by atoms with Gasteiger partial charge in [-0.05, 0) is 50.0 Å². The fourth-order valence-corrected chi connectivity index (χ4v) is 12.6. The molecule has 0 amide bonds. The maximum atomic E-state index is 14.5. The van der Waals surface area contributed by atoms with Crippen molar-refractivity contribution in [3.05, 3.63) is 24.2 Å². The molecule has 0 aromatic rings. The Hall–Kier alpha value is -2.76. The summed E-state index contributed by atoms with van der Waals surface area (Å²) < 4.78 is 30.8. The zero-order valence-electron chi connectivity index (χ0n) is 28.6. The number of ketones is 1. The number of aliphatic hydroxyl groups excluding tert-OH is 1. The van der Waals surface area contributed by atoms with E-state index in [1.54, 1.807) is 6.92 Å². The van der Waals surface area contributed by atoms with Gasteiger partial charge in [0.05, 0.1) is 11.5 Å². The van der Waals surface area contributed by atoms with Crippen molar-refractivity contribution in [1.82, 2.24) is 0 Å². The molecule has 2 N–H and O–H groups in total. The van der Waals surface area contributed by atoms with Gasteiger partial charge in [-0.1, -0.05) is 34.3 Å². The summed E-state index contributed by atoms with van der Waals surface area (Å²) in [5.41, 5.74) is -4.62. The Kier molecular flexibility index (Phi) is 6.91. The molecule has 11 heteroatoms. The van der Waals surface area contributed by atoms with Gasteiger partial charge >= 0.3 is 17.9 Å². The van der Waals surface area contributed by atoms with E-state index in [2.05, 4.69) is 6.58 Å².